The Morgan fingerprint density at radius 2 is 2.25 bits per heavy atom. The zero-order chi connectivity index (χ0) is 14.8. The molecule has 6 nitrogen and oxygen atoms in total. The number of hydrogen-bond acceptors (Lipinski definition) is 4. The molecule has 1 aromatic carbocycles. The summed E-state index contributed by atoms with van der Waals surface area (Å²) in [5.41, 5.74) is 0.527. The second-order valence-corrected chi connectivity index (χ2v) is 6.78. The van der Waals surface area contributed by atoms with Crippen molar-refractivity contribution in [1.82, 2.24) is 14.7 Å². The number of aliphatic hydroxyl groups is 1. The fourth-order valence-corrected chi connectivity index (χ4v) is 3.94. The standard InChI is InChI=1S/C12H14BrN3O3S/c1-8(12-14-4-5-15-12)16-20(18,19)11-6-9(7-17)2-3-10(11)13/h2-6,8,16-17H,7H2,1H3,(H,14,15). The number of H-pyrrole nitrogens is 1. The van der Waals surface area contributed by atoms with Crippen molar-refractivity contribution in [2.45, 2.75) is 24.5 Å². The average molecular weight is 360 g/mol. The van der Waals surface area contributed by atoms with Crippen LogP contribution in [0.2, 0.25) is 0 Å². The quantitative estimate of drug-likeness (QED) is 0.757. The zero-order valence-corrected chi connectivity index (χ0v) is 13.1. The molecule has 0 saturated carbocycles. The fraction of sp³-hybridized carbons (Fsp3) is 0.250. The number of benzene rings is 1. The Labute approximate surface area is 125 Å². The monoisotopic (exact) mass is 359 g/mol. The van der Waals surface area contributed by atoms with Gasteiger partial charge in [-0.05, 0) is 40.5 Å². The van der Waals surface area contributed by atoms with E-state index in [1.165, 1.54) is 6.07 Å². The summed E-state index contributed by atoms with van der Waals surface area (Å²) in [4.78, 5) is 6.96. The van der Waals surface area contributed by atoms with Gasteiger partial charge in [-0.2, -0.15) is 0 Å². The van der Waals surface area contributed by atoms with Crippen LogP contribution in [-0.4, -0.2) is 23.5 Å². The van der Waals surface area contributed by atoms with Crippen LogP contribution < -0.4 is 4.72 Å². The molecule has 0 spiro atoms. The van der Waals surface area contributed by atoms with Gasteiger partial charge in [-0.25, -0.2) is 18.1 Å². The topological polar surface area (TPSA) is 95.1 Å². The highest BCUT2D eigenvalue weighted by Crippen LogP contribution is 2.24. The van der Waals surface area contributed by atoms with Crippen molar-refractivity contribution in [3.8, 4) is 0 Å². The summed E-state index contributed by atoms with van der Waals surface area (Å²) in [6, 6.07) is 4.19. The second kappa shape index (κ2) is 6.04. The number of rotatable bonds is 5. The Kier molecular flexibility index (Phi) is 4.59. The van der Waals surface area contributed by atoms with Gasteiger partial charge in [-0.3, -0.25) is 0 Å². The van der Waals surface area contributed by atoms with Gasteiger partial charge in [0.25, 0.3) is 0 Å². The van der Waals surface area contributed by atoms with Gasteiger partial charge in [-0.1, -0.05) is 6.07 Å². The lowest BCUT2D eigenvalue weighted by Crippen LogP contribution is -2.28. The number of aliphatic hydroxyl groups excluding tert-OH is 1. The van der Waals surface area contributed by atoms with Crippen LogP contribution >= 0.6 is 15.9 Å². The highest BCUT2D eigenvalue weighted by Gasteiger charge is 2.22. The lowest BCUT2D eigenvalue weighted by Gasteiger charge is -2.14. The Morgan fingerprint density at radius 1 is 1.50 bits per heavy atom. The molecule has 1 aromatic heterocycles. The predicted octanol–water partition coefficient (Wildman–Crippen LogP) is 1.70. The lowest BCUT2D eigenvalue weighted by atomic mass is 10.2. The molecule has 0 saturated heterocycles. The minimum absolute atomic E-state index is 0.0856. The number of hydrogen-bond donors (Lipinski definition) is 3. The van der Waals surface area contributed by atoms with Crippen molar-refractivity contribution < 1.29 is 13.5 Å². The summed E-state index contributed by atoms with van der Waals surface area (Å²) in [5, 5.41) is 9.11. The third-order valence-corrected chi connectivity index (χ3v) is 5.26. The number of aromatic amines is 1. The van der Waals surface area contributed by atoms with Gasteiger partial charge in [0.15, 0.2) is 0 Å². The number of aromatic nitrogens is 2. The van der Waals surface area contributed by atoms with E-state index in [2.05, 4.69) is 30.6 Å². The smallest absolute Gasteiger partial charge is 0.242 e. The molecule has 0 bridgehead atoms. The third-order valence-electron chi connectivity index (χ3n) is 2.73. The molecule has 0 radical (unpaired) electrons. The van der Waals surface area contributed by atoms with Crippen LogP contribution in [0.15, 0.2) is 40.0 Å². The number of halogens is 1. The van der Waals surface area contributed by atoms with Crippen molar-refractivity contribution in [2.75, 3.05) is 0 Å². The van der Waals surface area contributed by atoms with Crippen LogP contribution in [-0.2, 0) is 16.6 Å². The molecule has 2 aromatic rings. The van der Waals surface area contributed by atoms with Crippen LogP contribution in [0.5, 0.6) is 0 Å². The third kappa shape index (κ3) is 3.26. The van der Waals surface area contributed by atoms with Gasteiger partial charge < -0.3 is 10.1 Å². The average Bonchev–Trinajstić information content (AvgIpc) is 2.92. The molecule has 1 unspecified atom stereocenters. The van der Waals surface area contributed by atoms with Crippen molar-refractivity contribution in [1.29, 1.82) is 0 Å². The first-order valence-corrected chi connectivity index (χ1v) is 8.12. The zero-order valence-electron chi connectivity index (χ0n) is 10.7. The van der Waals surface area contributed by atoms with E-state index >= 15 is 0 Å². The molecule has 0 fully saturated rings. The van der Waals surface area contributed by atoms with E-state index in [0.29, 0.717) is 15.9 Å². The van der Waals surface area contributed by atoms with Gasteiger partial charge in [-0.15, -0.1) is 0 Å². The molecular formula is C12H14BrN3O3S. The Balaban J connectivity index is 2.31. The van der Waals surface area contributed by atoms with E-state index in [0.717, 1.165) is 0 Å². The Bertz CT molecular complexity index is 686. The molecule has 1 heterocycles. The number of nitrogens with zero attached hydrogens (tertiary/aromatic N) is 1. The first-order chi connectivity index (χ1) is 9.44. The molecule has 3 N–H and O–H groups in total. The summed E-state index contributed by atoms with van der Waals surface area (Å²) >= 11 is 3.21. The van der Waals surface area contributed by atoms with Crippen LogP contribution in [0.3, 0.4) is 0 Å². The highest BCUT2D eigenvalue weighted by atomic mass is 79.9. The number of nitrogens with one attached hydrogen (secondary N) is 2. The first-order valence-electron chi connectivity index (χ1n) is 5.85. The van der Waals surface area contributed by atoms with E-state index in [-0.39, 0.29) is 11.5 Å². The summed E-state index contributed by atoms with van der Waals surface area (Å²) in [6.45, 7) is 1.48. The summed E-state index contributed by atoms with van der Waals surface area (Å²) in [5.74, 6) is 0.531. The molecule has 0 aliphatic rings. The normalized spacial score (nSPS) is 13.3. The maximum absolute atomic E-state index is 12.4. The molecule has 0 aliphatic carbocycles. The molecule has 20 heavy (non-hydrogen) atoms. The minimum atomic E-state index is -3.72. The Hall–Kier alpha value is -1.22. The maximum atomic E-state index is 12.4. The molecular weight excluding hydrogens is 346 g/mol. The lowest BCUT2D eigenvalue weighted by molar-refractivity contribution is 0.281. The van der Waals surface area contributed by atoms with Crippen LogP contribution in [0.25, 0.3) is 0 Å². The fourth-order valence-electron chi connectivity index (χ4n) is 1.72. The van der Waals surface area contributed by atoms with Gasteiger partial charge in [0.05, 0.1) is 17.5 Å². The van der Waals surface area contributed by atoms with Crippen molar-refractivity contribution in [3.63, 3.8) is 0 Å². The van der Waals surface area contributed by atoms with Crippen LogP contribution in [0.1, 0.15) is 24.4 Å². The summed E-state index contributed by atoms with van der Waals surface area (Å²) in [7, 11) is -3.72. The van der Waals surface area contributed by atoms with E-state index in [1.807, 2.05) is 0 Å². The molecule has 1 atom stereocenters. The van der Waals surface area contributed by atoms with Gasteiger partial charge in [0.1, 0.15) is 5.82 Å². The van der Waals surface area contributed by atoms with Gasteiger partial charge in [0.2, 0.25) is 10.0 Å². The van der Waals surface area contributed by atoms with Gasteiger partial charge >= 0.3 is 0 Å². The first kappa shape index (κ1) is 15.2. The molecule has 108 valence electrons. The molecule has 8 heteroatoms. The maximum Gasteiger partial charge on any atom is 0.242 e. The molecule has 2 rings (SSSR count). The van der Waals surface area contributed by atoms with E-state index in [9.17, 15) is 8.42 Å². The van der Waals surface area contributed by atoms with Crippen LogP contribution in [0, 0.1) is 0 Å². The van der Waals surface area contributed by atoms with Gasteiger partial charge in [0, 0.05) is 16.9 Å². The minimum Gasteiger partial charge on any atom is -0.392 e. The van der Waals surface area contributed by atoms with E-state index in [1.54, 1.807) is 31.5 Å². The van der Waals surface area contributed by atoms with Crippen LogP contribution in [0.4, 0.5) is 0 Å². The van der Waals surface area contributed by atoms with Crippen molar-refractivity contribution >= 4 is 26.0 Å². The predicted molar refractivity (Wildman–Crippen MR) is 77.4 cm³/mol. The largest absolute Gasteiger partial charge is 0.392 e. The summed E-state index contributed by atoms with van der Waals surface area (Å²) in [6.07, 6.45) is 3.19. The second-order valence-electron chi connectivity index (χ2n) is 4.24. The molecule has 0 aliphatic heterocycles. The SMILES string of the molecule is CC(NS(=O)(=O)c1cc(CO)ccc1Br)c1ncc[nH]1. The van der Waals surface area contributed by atoms with Crippen molar-refractivity contribution in [3.05, 3.63) is 46.5 Å². The number of sulfonamides is 1. The van der Waals surface area contributed by atoms with E-state index in [4.69, 9.17) is 5.11 Å². The molecule has 0 amide bonds. The van der Waals surface area contributed by atoms with Crippen molar-refractivity contribution in [2.24, 2.45) is 0 Å². The highest BCUT2D eigenvalue weighted by molar-refractivity contribution is 9.10. The number of imidazole rings is 1. The van der Waals surface area contributed by atoms with E-state index < -0.39 is 16.1 Å². The summed E-state index contributed by atoms with van der Waals surface area (Å²) < 4.78 is 27.7. The Morgan fingerprint density at radius 3 is 2.85 bits per heavy atom.